The second-order valence-corrected chi connectivity index (χ2v) is 6.23. The number of benzene rings is 1. The van der Waals surface area contributed by atoms with Crippen molar-refractivity contribution in [2.24, 2.45) is 11.8 Å². The Hall–Kier alpha value is -0.890. The van der Waals surface area contributed by atoms with E-state index >= 15 is 0 Å². The molecule has 0 radical (unpaired) electrons. The van der Waals surface area contributed by atoms with E-state index in [1.165, 1.54) is 37.7 Å². The molecule has 0 bridgehead atoms. The quantitative estimate of drug-likeness (QED) is 0.798. The minimum Gasteiger partial charge on any atom is -0.310 e. The average molecular weight is 277 g/mol. The molecule has 1 aliphatic rings. The lowest BCUT2D eigenvalue weighted by Gasteiger charge is -2.35. The Bertz CT molecular complexity index is 421. The van der Waals surface area contributed by atoms with E-state index in [2.05, 4.69) is 19.2 Å². The lowest BCUT2D eigenvalue weighted by Crippen LogP contribution is -2.31. The first-order chi connectivity index (χ1) is 9.65. The standard InChI is InChI=1S/C18H28FN/c1-4-14-6-8-15(9-7-14)18(20-5-2)17-11-10-16(19)12-13(17)3/h10-12,14-15,18,20H,4-9H2,1-3H3. The summed E-state index contributed by atoms with van der Waals surface area (Å²) in [5.74, 6) is 1.49. The molecule has 112 valence electrons. The van der Waals surface area contributed by atoms with Crippen LogP contribution in [0.25, 0.3) is 0 Å². The van der Waals surface area contributed by atoms with Gasteiger partial charge in [0.2, 0.25) is 0 Å². The van der Waals surface area contributed by atoms with Crippen molar-refractivity contribution in [2.75, 3.05) is 6.54 Å². The van der Waals surface area contributed by atoms with Crippen molar-refractivity contribution in [1.29, 1.82) is 0 Å². The van der Waals surface area contributed by atoms with Crippen LogP contribution in [-0.2, 0) is 0 Å². The monoisotopic (exact) mass is 277 g/mol. The van der Waals surface area contributed by atoms with E-state index in [4.69, 9.17) is 0 Å². The third-order valence-electron chi connectivity index (χ3n) is 4.93. The molecule has 1 nitrogen and oxygen atoms in total. The van der Waals surface area contributed by atoms with Crippen molar-refractivity contribution in [3.63, 3.8) is 0 Å². The number of nitrogens with one attached hydrogen (secondary N) is 1. The van der Waals surface area contributed by atoms with E-state index < -0.39 is 0 Å². The van der Waals surface area contributed by atoms with Crippen LogP contribution < -0.4 is 5.32 Å². The number of hydrogen-bond donors (Lipinski definition) is 1. The highest BCUT2D eigenvalue weighted by molar-refractivity contribution is 5.30. The highest BCUT2D eigenvalue weighted by Gasteiger charge is 2.28. The molecular formula is C18H28FN. The summed E-state index contributed by atoms with van der Waals surface area (Å²) in [6, 6.07) is 5.63. The van der Waals surface area contributed by atoms with Gasteiger partial charge in [-0.1, -0.05) is 39.2 Å². The van der Waals surface area contributed by atoms with Gasteiger partial charge in [-0.25, -0.2) is 4.39 Å². The third kappa shape index (κ3) is 3.60. The van der Waals surface area contributed by atoms with Gasteiger partial charge in [0.05, 0.1) is 0 Å². The fraction of sp³-hybridized carbons (Fsp3) is 0.667. The smallest absolute Gasteiger partial charge is 0.123 e. The molecule has 2 heteroatoms. The Morgan fingerprint density at radius 1 is 1.20 bits per heavy atom. The molecular weight excluding hydrogens is 249 g/mol. The van der Waals surface area contributed by atoms with Gasteiger partial charge in [-0.3, -0.25) is 0 Å². The lowest BCUT2D eigenvalue weighted by molar-refractivity contribution is 0.219. The van der Waals surface area contributed by atoms with Crippen molar-refractivity contribution in [1.82, 2.24) is 5.32 Å². The van der Waals surface area contributed by atoms with Gasteiger partial charge in [-0.2, -0.15) is 0 Å². The molecule has 0 heterocycles. The van der Waals surface area contributed by atoms with Gasteiger partial charge in [0.15, 0.2) is 0 Å². The van der Waals surface area contributed by atoms with Crippen LogP contribution in [0.5, 0.6) is 0 Å². The van der Waals surface area contributed by atoms with Crippen LogP contribution >= 0.6 is 0 Å². The maximum Gasteiger partial charge on any atom is 0.123 e. The van der Waals surface area contributed by atoms with Crippen LogP contribution in [0.4, 0.5) is 4.39 Å². The molecule has 1 unspecified atom stereocenters. The zero-order valence-electron chi connectivity index (χ0n) is 13.1. The first kappa shape index (κ1) is 15.5. The highest BCUT2D eigenvalue weighted by atomic mass is 19.1. The molecule has 0 spiro atoms. The van der Waals surface area contributed by atoms with E-state index in [0.29, 0.717) is 12.0 Å². The summed E-state index contributed by atoms with van der Waals surface area (Å²) in [5, 5.41) is 3.64. The van der Waals surface area contributed by atoms with Gasteiger partial charge < -0.3 is 5.32 Å². The highest BCUT2D eigenvalue weighted by Crippen LogP contribution is 2.38. The van der Waals surface area contributed by atoms with Crippen molar-refractivity contribution in [3.8, 4) is 0 Å². The van der Waals surface area contributed by atoms with Gasteiger partial charge in [0.25, 0.3) is 0 Å². The molecule has 0 amide bonds. The molecule has 1 aromatic carbocycles. The maximum absolute atomic E-state index is 13.3. The first-order valence-corrected chi connectivity index (χ1v) is 8.15. The van der Waals surface area contributed by atoms with Crippen molar-refractivity contribution in [3.05, 3.63) is 35.1 Å². The van der Waals surface area contributed by atoms with Crippen molar-refractivity contribution >= 4 is 0 Å². The van der Waals surface area contributed by atoms with E-state index in [0.717, 1.165) is 18.0 Å². The second kappa shape index (κ2) is 7.21. The maximum atomic E-state index is 13.3. The number of rotatable bonds is 5. The first-order valence-electron chi connectivity index (χ1n) is 8.15. The van der Waals surface area contributed by atoms with Crippen LogP contribution in [0.15, 0.2) is 18.2 Å². The van der Waals surface area contributed by atoms with E-state index in [-0.39, 0.29) is 5.82 Å². The Morgan fingerprint density at radius 2 is 1.90 bits per heavy atom. The molecule has 1 N–H and O–H groups in total. The summed E-state index contributed by atoms with van der Waals surface area (Å²) >= 11 is 0. The molecule has 1 aromatic rings. The molecule has 0 aliphatic heterocycles. The summed E-state index contributed by atoms with van der Waals surface area (Å²) in [6.45, 7) is 7.45. The van der Waals surface area contributed by atoms with Gasteiger partial charge in [-0.15, -0.1) is 0 Å². The molecule has 20 heavy (non-hydrogen) atoms. The topological polar surface area (TPSA) is 12.0 Å². The number of hydrogen-bond acceptors (Lipinski definition) is 1. The molecule has 0 saturated heterocycles. The van der Waals surface area contributed by atoms with Crippen LogP contribution in [0.1, 0.15) is 63.1 Å². The molecule has 1 aliphatic carbocycles. The summed E-state index contributed by atoms with van der Waals surface area (Å²) in [4.78, 5) is 0. The fourth-order valence-corrected chi connectivity index (χ4v) is 3.67. The summed E-state index contributed by atoms with van der Waals surface area (Å²) in [7, 11) is 0. The minimum atomic E-state index is -0.129. The predicted molar refractivity (Wildman–Crippen MR) is 83.3 cm³/mol. The van der Waals surface area contributed by atoms with E-state index in [1.54, 1.807) is 12.1 Å². The van der Waals surface area contributed by atoms with Crippen molar-refractivity contribution < 1.29 is 4.39 Å². The van der Waals surface area contributed by atoms with Gasteiger partial charge in [-0.05, 0) is 61.4 Å². The molecule has 1 fully saturated rings. The van der Waals surface area contributed by atoms with Gasteiger partial charge in [0, 0.05) is 6.04 Å². The zero-order valence-corrected chi connectivity index (χ0v) is 13.1. The SMILES string of the molecule is CCNC(c1ccc(F)cc1C)C1CCC(CC)CC1. The van der Waals surface area contributed by atoms with E-state index in [9.17, 15) is 4.39 Å². The fourth-order valence-electron chi connectivity index (χ4n) is 3.67. The average Bonchev–Trinajstić information content (AvgIpc) is 2.46. The van der Waals surface area contributed by atoms with Gasteiger partial charge in [0.1, 0.15) is 5.82 Å². The third-order valence-corrected chi connectivity index (χ3v) is 4.93. The van der Waals surface area contributed by atoms with Crippen LogP contribution in [-0.4, -0.2) is 6.54 Å². The number of aryl methyl sites for hydroxylation is 1. The summed E-state index contributed by atoms with van der Waals surface area (Å²) in [5.41, 5.74) is 2.36. The molecule has 2 rings (SSSR count). The second-order valence-electron chi connectivity index (χ2n) is 6.23. The summed E-state index contributed by atoms with van der Waals surface area (Å²) < 4.78 is 13.3. The molecule has 1 atom stereocenters. The molecule has 1 saturated carbocycles. The molecule has 0 aromatic heterocycles. The predicted octanol–water partition coefficient (Wildman–Crippen LogP) is 5.00. The minimum absolute atomic E-state index is 0.129. The van der Waals surface area contributed by atoms with Crippen molar-refractivity contribution in [2.45, 2.75) is 58.9 Å². The van der Waals surface area contributed by atoms with Crippen LogP contribution in [0.3, 0.4) is 0 Å². The zero-order chi connectivity index (χ0) is 14.5. The van der Waals surface area contributed by atoms with Crippen LogP contribution in [0.2, 0.25) is 0 Å². The normalized spacial score (nSPS) is 24.6. The van der Waals surface area contributed by atoms with E-state index in [1.807, 2.05) is 13.0 Å². The Kier molecular flexibility index (Phi) is 5.59. The Morgan fingerprint density at radius 3 is 2.45 bits per heavy atom. The summed E-state index contributed by atoms with van der Waals surface area (Å²) in [6.07, 6.45) is 6.61. The Labute approximate surface area is 123 Å². The van der Waals surface area contributed by atoms with Gasteiger partial charge >= 0.3 is 0 Å². The lowest BCUT2D eigenvalue weighted by atomic mass is 9.75. The Balaban J connectivity index is 2.14. The largest absolute Gasteiger partial charge is 0.310 e. The van der Waals surface area contributed by atoms with Crippen LogP contribution in [0, 0.1) is 24.6 Å². The number of halogens is 1.